The molecule has 3 aliphatic rings. The Labute approximate surface area is 221 Å². The molecule has 0 unspecified atom stereocenters. The van der Waals surface area contributed by atoms with Gasteiger partial charge in [-0.25, -0.2) is 8.42 Å². The quantitative estimate of drug-likeness (QED) is 0.499. The van der Waals surface area contributed by atoms with Crippen LogP contribution >= 0.6 is 0 Å². The van der Waals surface area contributed by atoms with Gasteiger partial charge in [-0.2, -0.15) is 4.31 Å². The van der Waals surface area contributed by atoms with Crippen molar-refractivity contribution in [2.24, 2.45) is 0 Å². The Morgan fingerprint density at radius 3 is 2.11 bits per heavy atom. The Hall–Kier alpha value is -3.32. The van der Waals surface area contributed by atoms with Gasteiger partial charge < -0.3 is 19.7 Å². The van der Waals surface area contributed by atoms with Crippen LogP contribution in [0.15, 0.2) is 47.4 Å². The van der Waals surface area contributed by atoms with Gasteiger partial charge in [0.15, 0.2) is 0 Å². The molecule has 3 amide bonds. The molecule has 2 aromatic carbocycles. The Balaban J connectivity index is 1.29. The van der Waals surface area contributed by atoms with Crippen LogP contribution in [-0.4, -0.2) is 94.5 Å². The molecule has 0 spiro atoms. The number of ether oxygens (including phenoxy) is 2. The van der Waals surface area contributed by atoms with Crippen LogP contribution in [-0.2, 0) is 24.3 Å². The molecule has 12 heteroatoms. The minimum absolute atomic E-state index is 0.0520. The molecule has 202 valence electrons. The predicted molar refractivity (Wildman–Crippen MR) is 139 cm³/mol. The van der Waals surface area contributed by atoms with Gasteiger partial charge in [0.05, 0.1) is 53.8 Å². The molecule has 0 atom stereocenters. The summed E-state index contributed by atoms with van der Waals surface area (Å²) in [6.07, 6.45) is 0.326. The Morgan fingerprint density at radius 2 is 1.47 bits per heavy atom. The molecule has 38 heavy (non-hydrogen) atoms. The van der Waals surface area contributed by atoms with Gasteiger partial charge in [0.1, 0.15) is 0 Å². The summed E-state index contributed by atoms with van der Waals surface area (Å²) in [7, 11) is -3.76. The third-order valence-corrected chi connectivity index (χ3v) is 8.76. The van der Waals surface area contributed by atoms with Crippen molar-refractivity contribution in [2.45, 2.75) is 17.7 Å². The number of carbonyl (C=O) groups excluding carboxylic acids is 3. The van der Waals surface area contributed by atoms with E-state index < -0.39 is 10.0 Å². The summed E-state index contributed by atoms with van der Waals surface area (Å²) in [6, 6.07) is 11.4. The number of hydrogen-bond acceptors (Lipinski definition) is 8. The SMILES string of the molecule is O=C(CCCN1C(=O)c2ccccc2C1=O)Nc1cc(S(=O)(=O)N2CCOCC2)ccc1N1CCOCC1. The lowest BCUT2D eigenvalue weighted by Gasteiger charge is -2.31. The summed E-state index contributed by atoms with van der Waals surface area (Å²) < 4.78 is 38.6. The number of nitrogens with zero attached hydrogens (tertiary/aromatic N) is 3. The van der Waals surface area contributed by atoms with E-state index in [1.54, 1.807) is 36.4 Å². The fraction of sp³-hybridized carbons (Fsp3) is 0.423. The van der Waals surface area contributed by atoms with Gasteiger partial charge in [0, 0.05) is 39.1 Å². The van der Waals surface area contributed by atoms with Gasteiger partial charge in [-0.3, -0.25) is 19.3 Å². The summed E-state index contributed by atoms with van der Waals surface area (Å²) in [6.45, 7) is 3.60. The highest BCUT2D eigenvalue weighted by atomic mass is 32.2. The van der Waals surface area contributed by atoms with E-state index in [2.05, 4.69) is 5.32 Å². The molecule has 0 bridgehead atoms. The third-order valence-electron chi connectivity index (χ3n) is 6.87. The average molecular weight is 543 g/mol. The molecule has 2 fully saturated rings. The minimum atomic E-state index is -3.76. The highest BCUT2D eigenvalue weighted by Crippen LogP contribution is 2.31. The van der Waals surface area contributed by atoms with Crippen molar-refractivity contribution < 1.29 is 32.3 Å². The normalized spacial score (nSPS) is 18.5. The second kappa shape index (κ2) is 11.2. The van der Waals surface area contributed by atoms with E-state index in [1.165, 1.54) is 10.4 Å². The highest BCUT2D eigenvalue weighted by molar-refractivity contribution is 7.89. The van der Waals surface area contributed by atoms with E-state index in [0.29, 0.717) is 62.0 Å². The standard InChI is InChI=1S/C26H30N4O7S/c31-24(6-3-9-30-25(32)20-4-1-2-5-21(20)26(30)33)27-22-18-19(38(34,35)29-12-16-37-17-13-29)7-8-23(22)28-10-14-36-15-11-28/h1-2,4-5,7-8,18H,3,6,9-17H2,(H,27,31). The van der Waals surface area contributed by atoms with Crippen molar-refractivity contribution in [1.29, 1.82) is 0 Å². The summed E-state index contributed by atoms with van der Waals surface area (Å²) in [4.78, 5) is 41.4. The van der Waals surface area contributed by atoms with Crippen molar-refractivity contribution in [3.05, 3.63) is 53.6 Å². The van der Waals surface area contributed by atoms with E-state index in [-0.39, 0.29) is 55.1 Å². The molecule has 0 aromatic heterocycles. The summed E-state index contributed by atoms with van der Waals surface area (Å²) in [5.74, 6) is -1.06. The number of benzene rings is 2. The number of imide groups is 1. The van der Waals surface area contributed by atoms with Gasteiger partial charge in [-0.05, 0) is 36.8 Å². The van der Waals surface area contributed by atoms with Crippen LogP contribution in [0.4, 0.5) is 11.4 Å². The first kappa shape index (κ1) is 26.3. The Kier molecular flexibility index (Phi) is 7.75. The molecule has 0 radical (unpaired) electrons. The molecule has 5 rings (SSSR count). The Bertz CT molecular complexity index is 1300. The number of anilines is 2. The maximum atomic E-state index is 13.2. The summed E-state index contributed by atoms with van der Waals surface area (Å²) in [5, 5.41) is 2.87. The van der Waals surface area contributed by atoms with Gasteiger partial charge in [0.2, 0.25) is 15.9 Å². The van der Waals surface area contributed by atoms with E-state index in [1.807, 2.05) is 4.90 Å². The largest absolute Gasteiger partial charge is 0.379 e. The minimum Gasteiger partial charge on any atom is -0.379 e. The van der Waals surface area contributed by atoms with Crippen LogP contribution in [0.5, 0.6) is 0 Å². The number of carbonyl (C=O) groups is 3. The fourth-order valence-corrected chi connectivity index (χ4v) is 6.28. The lowest BCUT2D eigenvalue weighted by molar-refractivity contribution is -0.116. The molecule has 2 aromatic rings. The molecular weight excluding hydrogens is 512 g/mol. The number of morpholine rings is 2. The molecular formula is C26H30N4O7S. The number of hydrogen-bond donors (Lipinski definition) is 1. The fourth-order valence-electron chi connectivity index (χ4n) is 4.84. The molecule has 0 aliphatic carbocycles. The van der Waals surface area contributed by atoms with Crippen LogP contribution in [0.2, 0.25) is 0 Å². The maximum absolute atomic E-state index is 13.2. The third kappa shape index (κ3) is 5.30. The summed E-state index contributed by atoms with van der Waals surface area (Å²) in [5.41, 5.74) is 1.85. The lowest BCUT2D eigenvalue weighted by atomic mass is 10.1. The highest BCUT2D eigenvalue weighted by Gasteiger charge is 2.34. The van der Waals surface area contributed by atoms with Gasteiger partial charge >= 0.3 is 0 Å². The zero-order chi connectivity index (χ0) is 26.7. The monoisotopic (exact) mass is 542 g/mol. The van der Waals surface area contributed by atoms with E-state index >= 15 is 0 Å². The van der Waals surface area contributed by atoms with Crippen LogP contribution in [0.3, 0.4) is 0 Å². The van der Waals surface area contributed by atoms with E-state index in [0.717, 1.165) is 4.90 Å². The molecule has 2 saturated heterocycles. The van der Waals surface area contributed by atoms with Crippen LogP contribution in [0.25, 0.3) is 0 Å². The second-order valence-electron chi connectivity index (χ2n) is 9.25. The number of sulfonamides is 1. The topological polar surface area (TPSA) is 126 Å². The number of amides is 3. The van der Waals surface area contributed by atoms with E-state index in [9.17, 15) is 22.8 Å². The smallest absolute Gasteiger partial charge is 0.261 e. The van der Waals surface area contributed by atoms with Crippen molar-refractivity contribution in [1.82, 2.24) is 9.21 Å². The van der Waals surface area contributed by atoms with Crippen molar-refractivity contribution in [3.8, 4) is 0 Å². The maximum Gasteiger partial charge on any atom is 0.261 e. The molecule has 1 N–H and O–H groups in total. The van der Waals surface area contributed by atoms with E-state index in [4.69, 9.17) is 9.47 Å². The van der Waals surface area contributed by atoms with Crippen LogP contribution < -0.4 is 10.2 Å². The van der Waals surface area contributed by atoms with Gasteiger partial charge in [0.25, 0.3) is 11.8 Å². The first-order valence-corrected chi connectivity index (χ1v) is 14.1. The first-order chi connectivity index (χ1) is 18.4. The number of fused-ring (bicyclic) bond motifs is 1. The molecule has 11 nitrogen and oxygen atoms in total. The van der Waals surface area contributed by atoms with Crippen molar-refractivity contribution >= 4 is 39.1 Å². The molecule has 0 saturated carbocycles. The second-order valence-corrected chi connectivity index (χ2v) is 11.2. The van der Waals surface area contributed by atoms with Crippen molar-refractivity contribution in [3.63, 3.8) is 0 Å². The lowest BCUT2D eigenvalue weighted by Crippen LogP contribution is -2.40. The van der Waals surface area contributed by atoms with Crippen LogP contribution in [0, 0.1) is 0 Å². The number of rotatable bonds is 8. The molecule has 3 aliphatic heterocycles. The van der Waals surface area contributed by atoms with Gasteiger partial charge in [-0.1, -0.05) is 12.1 Å². The summed E-state index contributed by atoms with van der Waals surface area (Å²) >= 11 is 0. The van der Waals surface area contributed by atoms with Crippen molar-refractivity contribution in [2.75, 3.05) is 69.4 Å². The zero-order valence-corrected chi connectivity index (χ0v) is 21.7. The predicted octanol–water partition coefficient (Wildman–Crippen LogP) is 1.56. The average Bonchev–Trinajstić information content (AvgIpc) is 3.19. The van der Waals surface area contributed by atoms with Crippen LogP contribution in [0.1, 0.15) is 33.6 Å². The zero-order valence-electron chi connectivity index (χ0n) is 20.9. The number of nitrogens with one attached hydrogen (secondary N) is 1. The first-order valence-electron chi connectivity index (χ1n) is 12.7. The Morgan fingerprint density at radius 1 is 0.868 bits per heavy atom. The van der Waals surface area contributed by atoms with Gasteiger partial charge in [-0.15, -0.1) is 0 Å². The molecule has 3 heterocycles.